The van der Waals surface area contributed by atoms with Crippen molar-refractivity contribution in [2.24, 2.45) is 0 Å². The molecule has 0 saturated heterocycles. The lowest BCUT2D eigenvalue weighted by molar-refractivity contribution is 0.586. The fourth-order valence-electron chi connectivity index (χ4n) is 20.2. The number of hydrogen-bond acceptors (Lipinski definition) is 4. The summed E-state index contributed by atoms with van der Waals surface area (Å²) < 4.78 is 132. The van der Waals surface area contributed by atoms with Gasteiger partial charge in [-0.3, -0.25) is 0 Å². The van der Waals surface area contributed by atoms with E-state index in [1.807, 2.05) is 221 Å². The molecule has 0 spiro atoms. The Labute approximate surface area is 819 Å². The van der Waals surface area contributed by atoms with Crippen LogP contribution in [0.15, 0.2) is 315 Å². The maximum atomic E-state index is 16.8. The van der Waals surface area contributed by atoms with Crippen LogP contribution in [0.25, 0.3) is 109 Å². The van der Waals surface area contributed by atoms with Gasteiger partial charge in [-0.1, -0.05) is 316 Å². The number of halogens is 8. The van der Waals surface area contributed by atoms with Crippen LogP contribution in [0.2, 0.25) is 78.6 Å². The van der Waals surface area contributed by atoms with Crippen LogP contribution in [0, 0.1) is 102 Å². The van der Waals surface area contributed by atoms with E-state index < -0.39 is 78.8 Å². The highest BCUT2D eigenvalue weighted by Gasteiger charge is 2.33. The van der Waals surface area contributed by atoms with Gasteiger partial charge in [-0.2, -0.15) is 0 Å². The maximum absolute atomic E-state index is 16.8. The summed E-state index contributed by atoms with van der Waals surface area (Å²) in [6.45, 7) is 43.5. The molecular weight excluding hydrogens is 1810 g/mol. The predicted molar refractivity (Wildman–Crippen MR) is 590 cm³/mol. The van der Waals surface area contributed by atoms with E-state index >= 15 is 35.1 Å². The van der Waals surface area contributed by atoms with E-state index in [2.05, 4.69) is 200 Å². The highest BCUT2D eigenvalue weighted by Crippen LogP contribution is 2.54. The van der Waals surface area contributed by atoms with E-state index in [1.165, 1.54) is 20.7 Å². The number of anilines is 12. The Kier molecular flexibility index (Phi) is 24.6. The van der Waals surface area contributed by atoms with E-state index in [0.717, 1.165) is 156 Å². The first-order valence-electron chi connectivity index (χ1n) is 47.8. The van der Waals surface area contributed by atoms with E-state index in [9.17, 15) is 0 Å². The Balaban J connectivity index is 0.000000178. The van der Waals surface area contributed by atoms with Crippen LogP contribution in [0.4, 0.5) is 103 Å². The molecule has 0 unspecified atom stereocenters. The molecule has 4 nitrogen and oxygen atoms in total. The average molecular weight is 1920 g/mol. The van der Waals surface area contributed by atoms with Crippen molar-refractivity contribution < 1.29 is 35.1 Å². The number of rotatable bonds is 20. The molecule has 0 amide bonds. The predicted octanol–water partition coefficient (Wildman–Crippen LogP) is 35.5. The topological polar surface area (TPSA) is 13.0 Å². The third kappa shape index (κ3) is 17.9. The third-order valence-electron chi connectivity index (χ3n) is 28.0. The first-order chi connectivity index (χ1) is 66.5. The molecular formula is C124H112F8N4Si4. The molecule has 0 N–H and O–H groups in total. The zero-order valence-corrected chi connectivity index (χ0v) is 86.8. The van der Waals surface area contributed by atoms with Crippen molar-refractivity contribution in [2.75, 3.05) is 19.6 Å². The number of benzene rings is 20. The molecule has 20 aromatic carbocycles. The molecule has 0 fully saturated rings. The molecule has 0 aliphatic carbocycles. The first-order valence-corrected chi connectivity index (χ1v) is 61.8. The lowest BCUT2D eigenvalue weighted by Crippen LogP contribution is -2.37. The number of aryl methyl sites for hydroxylation is 8. The Morgan fingerprint density at radius 3 is 0.586 bits per heavy atom. The lowest BCUT2D eigenvalue weighted by Gasteiger charge is -2.30. The van der Waals surface area contributed by atoms with Gasteiger partial charge in [0, 0.05) is 90.8 Å². The quantitative estimate of drug-likeness (QED) is 0.0428. The summed E-state index contributed by atoms with van der Waals surface area (Å²) in [5.74, 6) is -5.31. The van der Waals surface area contributed by atoms with Gasteiger partial charge >= 0.3 is 0 Å². The molecule has 0 atom stereocenters. The molecule has 0 heterocycles. The van der Waals surface area contributed by atoms with E-state index in [0.29, 0.717) is 67.3 Å². The zero-order chi connectivity index (χ0) is 99.1. The molecule has 0 saturated carbocycles. The minimum Gasteiger partial charge on any atom is -0.307 e. The summed E-state index contributed by atoms with van der Waals surface area (Å²) in [6, 6.07) is 100. The molecule has 0 aliphatic rings. The minimum atomic E-state index is -1.71. The Hall–Kier alpha value is -14.0. The van der Waals surface area contributed by atoms with Crippen LogP contribution in [0.1, 0.15) is 44.5 Å². The maximum Gasteiger partial charge on any atom is 0.150 e. The van der Waals surface area contributed by atoms with Gasteiger partial charge in [0.25, 0.3) is 0 Å². The molecule has 0 radical (unpaired) electrons. The summed E-state index contributed by atoms with van der Waals surface area (Å²) in [7, 11) is -6.85. The molecule has 20 rings (SSSR count). The van der Waals surface area contributed by atoms with Gasteiger partial charge in [0.15, 0.2) is 0 Å². The molecule has 16 heteroatoms. The second-order valence-electron chi connectivity index (χ2n) is 42.2. The van der Waals surface area contributed by atoms with Crippen LogP contribution >= 0.6 is 0 Å². The Morgan fingerprint density at radius 1 is 0.171 bits per heavy atom. The van der Waals surface area contributed by atoms with Crippen LogP contribution in [-0.4, -0.2) is 32.3 Å². The van der Waals surface area contributed by atoms with E-state index in [1.54, 1.807) is 24.3 Å². The van der Waals surface area contributed by atoms with Gasteiger partial charge in [-0.25, -0.2) is 35.1 Å². The van der Waals surface area contributed by atoms with Crippen LogP contribution in [0.5, 0.6) is 0 Å². The minimum absolute atomic E-state index is 0.213. The van der Waals surface area contributed by atoms with Gasteiger partial charge in [-0.05, 0) is 240 Å². The highest BCUT2D eigenvalue weighted by atomic mass is 28.3. The standard InChI is InChI=1S/2C62H56F4N2Si2/c1-37-27-38(2)30-43(29-37)51-33-59(55(65)35-53(51)63)67(45-15-19-47(20-16-45)69(5,6)7)57-25-13-41-12-24-50-58(26-14-42-11-23-49(57)61(41)62(42)50)68(46-17-21-48(22-18-46)70(8,9)10)60-34-52(54(64)36-56(60)66)44-31-39(3)28-40(4)32-44;1-37-11-13-43(31-39(37)3)51-33-59(55(65)35-53(51)63)67(45-19-23-47(24-20-45)69(5,6)7)57-29-17-41-16-28-50-58(30-18-42-15-27-49(57)61(41)62(42)50)68(46-21-25-48(26-22-46)70(8,9)10)60-34-52(54(64)36-56(60)66)44-14-12-38(2)40(4)32-44/h2*11-36H,1-10H3. The normalized spacial score (nSPS) is 12.1. The second-order valence-corrected chi connectivity index (χ2v) is 62.5. The number of hydrogen-bond donors (Lipinski definition) is 0. The van der Waals surface area contributed by atoms with Crippen molar-refractivity contribution in [3.63, 3.8) is 0 Å². The van der Waals surface area contributed by atoms with Crippen molar-refractivity contribution in [2.45, 2.75) is 134 Å². The van der Waals surface area contributed by atoms with Crippen molar-refractivity contribution in [1.82, 2.24) is 0 Å². The van der Waals surface area contributed by atoms with Gasteiger partial charge in [0.1, 0.15) is 46.5 Å². The van der Waals surface area contributed by atoms with Crippen molar-refractivity contribution in [3.8, 4) is 44.5 Å². The molecule has 0 aliphatic heterocycles. The first kappa shape index (κ1) is 94.9. The second kappa shape index (κ2) is 36.3. The SMILES string of the molecule is Cc1cc(C)cc(-c2cc(N(c3ccc([Si](C)(C)C)cc3)c3ccc4ccc5c(N(c6ccc([Si](C)(C)C)cc6)c6cc(-c7cc(C)cc(C)c7)c(F)cc6F)ccc6ccc3c4c65)c(F)cc2F)c1.Cc1ccc(-c2cc(N(c3ccc([Si](C)(C)C)cc3)c3ccc4ccc5c(N(c6ccc([Si](C)(C)C)cc6)c6cc(-c7ccc(C)c(C)c7)c(F)cc6F)ccc6ccc3c4c65)c(F)cc2F)cc1C. The Morgan fingerprint density at radius 2 is 0.379 bits per heavy atom. The van der Waals surface area contributed by atoms with Gasteiger partial charge in [-0.15, -0.1) is 0 Å². The van der Waals surface area contributed by atoms with E-state index in [-0.39, 0.29) is 22.7 Å². The Bertz CT molecular complexity index is 7770. The fraction of sp³-hybridized carbons (Fsp3) is 0.161. The van der Waals surface area contributed by atoms with Crippen molar-refractivity contribution >= 4 is 186 Å². The van der Waals surface area contributed by atoms with Crippen LogP contribution in [0.3, 0.4) is 0 Å². The van der Waals surface area contributed by atoms with Crippen LogP contribution in [-0.2, 0) is 0 Å². The molecule has 140 heavy (non-hydrogen) atoms. The summed E-state index contributed by atoms with van der Waals surface area (Å²) >= 11 is 0. The largest absolute Gasteiger partial charge is 0.307 e. The average Bonchev–Trinajstić information content (AvgIpc) is 0.718. The van der Waals surface area contributed by atoms with Gasteiger partial charge in [0.2, 0.25) is 0 Å². The fourth-order valence-corrected chi connectivity index (χ4v) is 24.9. The van der Waals surface area contributed by atoms with Crippen molar-refractivity contribution in [1.29, 1.82) is 0 Å². The highest BCUT2D eigenvalue weighted by molar-refractivity contribution is 6.90. The lowest BCUT2D eigenvalue weighted by atomic mass is 9.91. The van der Waals surface area contributed by atoms with E-state index in [4.69, 9.17) is 0 Å². The molecule has 20 aromatic rings. The summed E-state index contributed by atoms with van der Waals surface area (Å²) in [5.41, 5.74) is 18.6. The van der Waals surface area contributed by atoms with Gasteiger partial charge in [0.05, 0.1) is 77.8 Å². The molecule has 0 bridgehead atoms. The van der Waals surface area contributed by atoms with Crippen LogP contribution < -0.4 is 40.3 Å². The van der Waals surface area contributed by atoms with Crippen molar-refractivity contribution in [3.05, 3.63) is 406 Å². The summed E-state index contributed by atoms with van der Waals surface area (Å²) in [4.78, 5) is 7.65. The molecule has 0 aromatic heterocycles. The number of nitrogens with zero attached hydrogens (tertiary/aromatic N) is 4. The summed E-state index contributed by atoms with van der Waals surface area (Å²) in [6.07, 6.45) is 0. The zero-order valence-electron chi connectivity index (χ0n) is 82.8. The van der Waals surface area contributed by atoms with Gasteiger partial charge < -0.3 is 19.6 Å². The summed E-state index contributed by atoms with van der Waals surface area (Å²) in [5, 5.41) is 16.1. The third-order valence-corrected chi connectivity index (χ3v) is 36.2. The monoisotopic (exact) mass is 1920 g/mol. The molecule has 700 valence electrons. The smallest absolute Gasteiger partial charge is 0.150 e.